The zero-order valence-electron chi connectivity index (χ0n) is 23.2. The first-order chi connectivity index (χ1) is 21.3. The van der Waals surface area contributed by atoms with Gasteiger partial charge in [-0.1, -0.05) is 51.8 Å². The molecule has 6 rings (SSSR count). The number of carbonyl (C=O) groups is 1. The summed E-state index contributed by atoms with van der Waals surface area (Å²) in [6.07, 6.45) is 1.49. The number of hydrogen-bond donors (Lipinski definition) is 1. The largest absolute Gasteiger partial charge is 0.490 e. The van der Waals surface area contributed by atoms with Gasteiger partial charge in [0.05, 0.1) is 34.3 Å². The van der Waals surface area contributed by atoms with Crippen LogP contribution in [0, 0.1) is 0 Å². The molecule has 0 aliphatic rings. The molecule has 0 saturated heterocycles. The minimum atomic E-state index is -1.00. The topological polar surface area (TPSA) is 116 Å². The normalized spacial score (nSPS) is 11.4. The number of ether oxygens (including phenoxy) is 2. The Labute approximate surface area is 264 Å². The van der Waals surface area contributed by atoms with Crippen molar-refractivity contribution in [2.45, 2.75) is 13.5 Å². The quantitative estimate of drug-likeness (QED) is 0.156. The number of furan rings is 1. The van der Waals surface area contributed by atoms with Gasteiger partial charge in [-0.05, 0) is 78.7 Å². The summed E-state index contributed by atoms with van der Waals surface area (Å²) >= 11 is 10.1. The molecule has 0 radical (unpaired) electrons. The Hall–Kier alpha value is -4.93. The SMILES string of the molecule is CCOc1cc(C=Nn2c(-c3cc4cc(Br)ccc4o3)nc3ccccc3c2=O)cc(Cl)c1OCc1ccc(C(=O)O)cc1. The molecule has 0 aliphatic heterocycles. The molecule has 2 heterocycles. The van der Waals surface area contributed by atoms with Crippen LogP contribution in [-0.2, 0) is 6.61 Å². The van der Waals surface area contributed by atoms with E-state index in [1.165, 1.54) is 23.0 Å². The van der Waals surface area contributed by atoms with Crippen LogP contribution in [0.4, 0.5) is 0 Å². The second-order valence-electron chi connectivity index (χ2n) is 9.66. The number of carboxylic acid groups (broad SMARTS) is 1. The lowest BCUT2D eigenvalue weighted by molar-refractivity contribution is 0.0697. The third kappa shape index (κ3) is 5.95. The van der Waals surface area contributed by atoms with Gasteiger partial charge in [-0.3, -0.25) is 4.79 Å². The Morgan fingerprint density at radius 2 is 1.86 bits per heavy atom. The molecule has 9 nitrogen and oxygen atoms in total. The van der Waals surface area contributed by atoms with Gasteiger partial charge < -0.3 is 19.0 Å². The van der Waals surface area contributed by atoms with Gasteiger partial charge in [0.25, 0.3) is 5.56 Å². The van der Waals surface area contributed by atoms with Gasteiger partial charge in [-0.25, -0.2) is 9.78 Å². The molecule has 11 heteroatoms. The van der Waals surface area contributed by atoms with Crippen LogP contribution in [0.5, 0.6) is 11.5 Å². The standard InChI is InChI=1S/C33H23BrClN3O6/c1-2-42-28-14-20(13-25(35)30(28)43-18-19-7-9-21(10-8-19)33(40)41)17-36-38-31(37-26-6-4-3-5-24(26)32(38)39)29-16-22-15-23(34)11-12-27(22)44-29/h3-17H,2,18H2,1H3,(H,40,41). The highest BCUT2D eigenvalue weighted by molar-refractivity contribution is 9.10. The molecule has 44 heavy (non-hydrogen) atoms. The predicted molar refractivity (Wildman–Crippen MR) is 172 cm³/mol. The minimum absolute atomic E-state index is 0.142. The first kappa shape index (κ1) is 29.2. The molecule has 0 spiro atoms. The van der Waals surface area contributed by atoms with E-state index in [2.05, 4.69) is 21.0 Å². The molecule has 0 fully saturated rings. The Morgan fingerprint density at radius 3 is 2.64 bits per heavy atom. The Kier molecular flexibility index (Phi) is 8.19. The summed E-state index contributed by atoms with van der Waals surface area (Å²) in [5, 5.41) is 15.2. The maximum Gasteiger partial charge on any atom is 0.335 e. The highest BCUT2D eigenvalue weighted by Crippen LogP contribution is 2.37. The summed E-state index contributed by atoms with van der Waals surface area (Å²) in [6.45, 7) is 2.32. The van der Waals surface area contributed by atoms with Gasteiger partial charge >= 0.3 is 5.97 Å². The third-order valence-corrected chi connectivity index (χ3v) is 7.46. The minimum Gasteiger partial charge on any atom is -0.490 e. The van der Waals surface area contributed by atoms with Crippen molar-refractivity contribution in [3.05, 3.63) is 121 Å². The van der Waals surface area contributed by atoms with Crippen LogP contribution in [0.15, 0.2) is 104 Å². The molecule has 0 unspecified atom stereocenters. The molecule has 0 atom stereocenters. The lowest BCUT2D eigenvalue weighted by Gasteiger charge is -2.14. The Bertz CT molecular complexity index is 2120. The van der Waals surface area contributed by atoms with Crippen LogP contribution in [0.2, 0.25) is 5.02 Å². The molecule has 1 N–H and O–H groups in total. The number of nitrogens with zero attached hydrogens (tertiary/aromatic N) is 3. The Balaban J connectivity index is 1.37. The molecule has 220 valence electrons. The second-order valence-corrected chi connectivity index (χ2v) is 11.0. The smallest absolute Gasteiger partial charge is 0.335 e. The van der Waals surface area contributed by atoms with Gasteiger partial charge in [0.2, 0.25) is 5.82 Å². The summed E-state index contributed by atoms with van der Waals surface area (Å²) < 4.78 is 20.0. The molecule has 0 bridgehead atoms. The zero-order chi connectivity index (χ0) is 30.8. The number of para-hydroxylation sites is 1. The van der Waals surface area contributed by atoms with Crippen LogP contribution < -0.4 is 15.0 Å². The number of aromatic carboxylic acids is 1. The van der Waals surface area contributed by atoms with Crippen LogP contribution in [0.25, 0.3) is 33.5 Å². The van der Waals surface area contributed by atoms with Crippen molar-refractivity contribution in [2.75, 3.05) is 6.61 Å². The van der Waals surface area contributed by atoms with E-state index in [4.69, 9.17) is 35.6 Å². The van der Waals surface area contributed by atoms with Gasteiger partial charge in [-0.2, -0.15) is 9.78 Å². The first-order valence-corrected chi connectivity index (χ1v) is 14.6. The van der Waals surface area contributed by atoms with Gasteiger partial charge in [0.15, 0.2) is 17.3 Å². The molecule has 2 aromatic heterocycles. The number of benzene rings is 4. The maximum absolute atomic E-state index is 13.6. The van der Waals surface area contributed by atoms with E-state index in [0.29, 0.717) is 45.9 Å². The average molecular weight is 673 g/mol. The number of carboxylic acids is 1. The molecule has 0 aliphatic carbocycles. The van der Waals surface area contributed by atoms with Crippen molar-refractivity contribution in [1.29, 1.82) is 0 Å². The van der Waals surface area contributed by atoms with E-state index in [0.717, 1.165) is 15.4 Å². The van der Waals surface area contributed by atoms with E-state index in [1.54, 1.807) is 42.5 Å². The summed E-state index contributed by atoms with van der Waals surface area (Å²) in [5.74, 6) is 0.326. The van der Waals surface area contributed by atoms with Crippen molar-refractivity contribution in [2.24, 2.45) is 5.10 Å². The lowest BCUT2D eigenvalue weighted by Crippen LogP contribution is -2.20. The monoisotopic (exact) mass is 671 g/mol. The van der Waals surface area contributed by atoms with Crippen molar-refractivity contribution in [3.63, 3.8) is 0 Å². The number of rotatable bonds is 9. The number of aromatic nitrogens is 2. The zero-order valence-corrected chi connectivity index (χ0v) is 25.5. The van der Waals surface area contributed by atoms with Crippen LogP contribution in [-0.4, -0.2) is 33.6 Å². The summed E-state index contributed by atoms with van der Waals surface area (Å²) in [6, 6.07) is 24.2. The van der Waals surface area contributed by atoms with Crippen molar-refractivity contribution >= 4 is 61.6 Å². The van der Waals surface area contributed by atoms with Gasteiger partial charge in [0.1, 0.15) is 12.2 Å². The molecule has 4 aromatic carbocycles. The fourth-order valence-corrected chi connectivity index (χ4v) is 5.26. The van der Waals surface area contributed by atoms with Gasteiger partial charge in [-0.15, -0.1) is 0 Å². The number of fused-ring (bicyclic) bond motifs is 2. The fourth-order valence-electron chi connectivity index (χ4n) is 4.60. The van der Waals surface area contributed by atoms with E-state index in [-0.39, 0.29) is 28.6 Å². The second kappa shape index (κ2) is 12.4. The molecular weight excluding hydrogens is 650 g/mol. The highest BCUT2D eigenvalue weighted by Gasteiger charge is 2.18. The third-order valence-electron chi connectivity index (χ3n) is 6.69. The summed E-state index contributed by atoms with van der Waals surface area (Å²) in [7, 11) is 0. The Morgan fingerprint density at radius 1 is 1.07 bits per heavy atom. The van der Waals surface area contributed by atoms with Crippen molar-refractivity contribution in [3.8, 4) is 23.1 Å². The van der Waals surface area contributed by atoms with E-state index in [1.807, 2.05) is 37.3 Å². The number of halogens is 2. The predicted octanol–water partition coefficient (Wildman–Crippen LogP) is 7.78. The van der Waals surface area contributed by atoms with E-state index < -0.39 is 5.97 Å². The maximum atomic E-state index is 13.6. The van der Waals surface area contributed by atoms with Crippen LogP contribution in [0.3, 0.4) is 0 Å². The summed E-state index contributed by atoms with van der Waals surface area (Å²) in [5.41, 5.74) is 2.28. The van der Waals surface area contributed by atoms with Crippen LogP contribution in [0.1, 0.15) is 28.4 Å². The number of hydrogen-bond acceptors (Lipinski definition) is 7. The molecular formula is C33H23BrClN3O6. The van der Waals surface area contributed by atoms with Crippen LogP contribution >= 0.6 is 27.5 Å². The summed E-state index contributed by atoms with van der Waals surface area (Å²) in [4.78, 5) is 29.5. The van der Waals surface area contributed by atoms with Gasteiger partial charge in [0, 0.05) is 9.86 Å². The first-order valence-electron chi connectivity index (χ1n) is 13.5. The molecule has 0 saturated carbocycles. The molecule has 6 aromatic rings. The lowest BCUT2D eigenvalue weighted by atomic mass is 10.1. The highest BCUT2D eigenvalue weighted by atomic mass is 79.9. The fraction of sp³-hybridized carbons (Fsp3) is 0.0909. The molecule has 0 amide bonds. The average Bonchev–Trinajstić information content (AvgIpc) is 3.43. The van der Waals surface area contributed by atoms with Crippen molar-refractivity contribution in [1.82, 2.24) is 9.66 Å². The van der Waals surface area contributed by atoms with E-state index in [9.17, 15) is 9.59 Å². The van der Waals surface area contributed by atoms with E-state index >= 15 is 0 Å². The van der Waals surface area contributed by atoms with Crippen molar-refractivity contribution < 1.29 is 23.8 Å².